The molecule has 154 valence electrons. The summed E-state index contributed by atoms with van der Waals surface area (Å²) >= 11 is 4.55. The van der Waals surface area contributed by atoms with Gasteiger partial charge in [0.25, 0.3) is 5.91 Å². The number of nitrogens with zero attached hydrogens (tertiary/aromatic N) is 2. The number of ether oxygens (including phenoxy) is 1. The third-order valence-corrected chi connectivity index (χ3v) is 7.28. The van der Waals surface area contributed by atoms with E-state index in [1.807, 2.05) is 36.4 Å². The summed E-state index contributed by atoms with van der Waals surface area (Å²) in [4.78, 5) is 28.8. The van der Waals surface area contributed by atoms with Crippen LogP contribution in [-0.4, -0.2) is 23.5 Å². The molecule has 1 amide bonds. The zero-order valence-electron chi connectivity index (χ0n) is 16.0. The Morgan fingerprint density at radius 1 is 1.13 bits per heavy atom. The smallest absolute Gasteiger partial charge is 0.338 e. The molecule has 0 aliphatic heterocycles. The van der Waals surface area contributed by atoms with E-state index >= 15 is 0 Å². The molecular formula is C22H15N3O3S3. The van der Waals surface area contributed by atoms with Crippen molar-refractivity contribution in [3.63, 3.8) is 0 Å². The molecule has 0 aliphatic rings. The summed E-state index contributed by atoms with van der Waals surface area (Å²) in [5, 5.41) is 13.7. The molecule has 6 nitrogen and oxygen atoms in total. The van der Waals surface area contributed by atoms with E-state index in [0.29, 0.717) is 16.1 Å². The number of thiazole rings is 1. The van der Waals surface area contributed by atoms with E-state index in [2.05, 4.69) is 16.4 Å². The van der Waals surface area contributed by atoms with Crippen molar-refractivity contribution < 1.29 is 14.3 Å². The molecule has 0 bridgehead atoms. The molecule has 0 radical (unpaired) electrons. The normalized spacial score (nSPS) is 10.5. The highest BCUT2D eigenvalue weighted by atomic mass is 32.2. The summed E-state index contributed by atoms with van der Waals surface area (Å²) in [5.41, 5.74) is 2.81. The number of fused-ring (bicyclic) bond motifs is 1. The number of rotatable bonds is 7. The van der Waals surface area contributed by atoms with Gasteiger partial charge in [-0.05, 0) is 41.3 Å². The van der Waals surface area contributed by atoms with Gasteiger partial charge in [0.05, 0.1) is 21.3 Å². The van der Waals surface area contributed by atoms with Crippen LogP contribution >= 0.6 is 34.4 Å². The molecule has 2 aromatic carbocycles. The van der Waals surface area contributed by atoms with Gasteiger partial charge >= 0.3 is 5.97 Å². The first-order valence-corrected chi connectivity index (χ1v) is 11.8. The number of aromatic nitrogens is 1. The average Bonchev–Trinajstić information content (AvgIpc) is 3.42. The van der Waals surface area contributed by atoms with Crippen LogP contribution in [0.15, 0.2) is 64.3 Å². The second-order valence-electron chi connectivity index (χ2n) is 6.33. The number of hydrogen-bond donors (Lipinski definition) is 1. The van der Waals surface area contributed by atoms with Crippen LogP contribution in [0.4, 0.5) is 5.00 Å². The topological polar surface area (TPSA) is 92.1 Å². The number of hydrogen-bond acceptors (Lipinski definition) is 8. The third kappa shape index (κ3) is 5.30. The minimum absolute atomic E-state index is 0.371. The van der Waals surface area contributed by atoms with Gasteiger partial charge in [-0.25, -0.2) is 9.78 Å². The summed E-state index contributed by atoms with van der Waals surface area (Å²) in [6.07, 6.45) is 0. The standard InChI is InChI=1S/C22H15N3O3S3/c23-11-16-9-10-29-20(16)25-19(26)12-28-21(27)15-7-5-14(6-8-15)13-30-22-24-17-3-1-2-4-18(17)31-22/h1-10H,12-13H2,(H,25,26). The Kier molecular flexibility index (Phi) is 6.62. The lowest BCUT2D eigenvalue weighted by molar-refractivity contribution is -0.119. The summed E-state index contributed by atoms with van der Waals surface area (Å²) in [5.74, 6) is -0.331. The van der Waals surface area contributed by atoms with Gasteiger partial charge in [-0.2, -0.15) is 5.26 Å². The summed E-state index contributed by atoms with van der Waals surface area (Å²) in [7, 11) is 0. The molecule has 0 atom stereocenters. The Bertz CT molecular complexity index is 1240. The predicted molar refractivity (Wildman–Crippen MR) is 124 cm³/mol. The molecule has 0 unspecified atom stereocenters. The van der Waals surface area contributed by atoms with Crippen molar-refractivity contribution in [3.05, 3.63) is 76.7 Å². The van der Waals surface area contributed by atoms with Gasteiger partial charge in [0, 0.05) is 5.75 Å². The fourth-order valence-corrected chi connectivity index (χ4v) is 5.44. The maximum atomic E-state index is 12.2. The molecule has 0 aliphatic carbocycles. The van der Waals surface area contributed by atoms with Crippen LogP contribution in [0, 0.1) is 11.3 Å². The Morgan fingerprint density at radius 2 is 1.94 bits per heavy atom. The molecule has 2 aromatic heterocycles. The average molecular weight is 466 g/mol. The number of thioether (sulfide) groups is 1. The van der Waals surface area contributed by atoms with Crippen LogP contribution in [0.5, 0.6) is 0 Å². The maximum absolute atomic E-state index is 12.2. The number of thiophene rings is 1. The van der Waals surface area contributed by atoms with Crippen LogP contribution in [0.1, 0.15) is 21.5 Å². The Hall–Kier alpha value is -3.19. The fraction of sp³-hybridized carbons (Fsp3) is 0.0909. The lowest BCUT2D eigenvalue weighted by Crippen LogP contribution is -2.20. The maximum Gasteiger partial charge on any atom is 0.338 e. The number of esters is 1. The van der Waals surface area contributed by atoms with Gasteiger partial charge in [0.1, 0.15) is 11.1 Å². The zero-order chi connectivity index (χ0) is 21.6. The first-order valence-electron chi connectivity index (χ1n) is 9.14. The minimum atomic E-state index is -0.577. The van der Waals surface area contributed by atoms with Gasteiger partial charge in [-0.3, -0.25) is 4.79 Å². The molecule has 0 saturated heterocycles. The second-order valence-corrected chi connectivity index (χ2v) is 9.50. The number of nitrogens with one attached hydrogen (secondary N) is 1. The first-order chi connectivity index (χ1) is 15.1. The number of carbonyl (C=O) groups is 2. The van der Waals surface area contributed by atoms with Crippen LogP contribution in [0.3, 0.4) is 0 Å². The monoisotopic (exact) mass is 465 g/mol. The quantitative estimate of drug-likeness (QED) is 0.293. The molecule has 4 aromatic rings. The first kappa shape index (κ1) is 21.1. The number of nitriles is 1. The Morgan fingerprint density at radius 3 is 2.71 bits per heavy atom. The molecule has 0 fully saturated rings. The summed E-state index contributed by atoms with van der Waals surface area (Å²) in [6, 6.07) is 18.7. The summed E-state index contributed by atoms with van der Waals surface area (Å²) < 4.78 is 7.24. The van der Waals surface area contributed by atoms with E-state index < -0.39 is 18.5 Å². The molecular weight excluding hydrogens is 450 g/mol. The van der Waals surface area contributed by atoms with Crippen molar-refractivity contribution in [3.8, 4) is 6.07 Å². The van der Waals surface area contributed by atoms with Gasteiger partial charge in [0.2, 0.25) is 0 Å². The van der Waals surface area contributed by atoms with E-state index in [-0.39, 0.29) is 0 Å². The number of carbonyl (C=O) groups excluding carboxylic acids is 2. The minimum Gasteiger partial charge on any atom is -0.452 e. The fourth-order valence-electron chi connectivity index (χ4n) is 2.67. The predicted octanol–water partition coefficient (Wildman–Crippen LogP) is 5.32. The lowest BCUT2D eigenvalue weighted by atomic mass is 10.1. The molecule has 1 N–H and O–H groups in total. The largest absolute Gasteiger partial charge is 0.452 e. The van der Waals surface area contributed by atoms with Gasteiger partial charge < -0.3 is 10.1 Å². The van der Waals surface area contributed by atoms with Gasteiger partial charge in [0.15, 0.2) is 10.9 Å². The van der Waals surface area contributed by atoms with Crippen molar-refractivity contribution in [1.29, 1.82) is 5.26 Å². The molecule has 4 rings (SSSR count). The highest BCUT2D eigenvalue weighted by Gasteiger charge is 2.13. The van der Waals surface area contributed by atoms with Crippen molar-refractivity contribution in [2.24, 2.45) is 0 Å². The van der Waals surface area contributed by atoms with Crippen LogP contribution in [-0.2, 0) is 15.3 Å². The molecule has 9 heteroatoms. The van der Waals surface area contributed by atoms with E-state index in [4.69, 9.17) is 10.00 Å². The second kappa shape index (κ2) is 9.75. The molecule has 0 spiro atoms. The zero-order valence-corrected chi connectivity index (χ0v) is 18.5. The molecule has 0 saturated carbocycles. The highest BCUT2D eigenvalue weighted by molar-refractivity contribution is 8.00. The lowest BCUT2D eigenvalue weighted by Gasteiger charge is -2.06. The molecule has 31 heavy (non-hydrogen) atoms. The highest BCUT2D eigenvalue weighted by Crippen LogP contribution is 2.31. The van der Waals surface area contributed by atoms with Crippen molar-refractivity contribution in [2.45, 2.75) is 10.1 Å². The van der Waals surface area contributed by atoms with Crippen molar-refractivity contribution in [1.82, 2.24) is 4.98 Å². The Balaban J connectivity index is 1.27. The van der Waals surface area contributed by atoms with Gasteiger partial charge in [-0.1, -0.05) is 36.0 Å². The van der Waals surface area contributed by atoms with Gasteiger partial charge in [-0.15, -0.1) is 22.7 Å². The van der Waals surface area contributed by atoms with E-state index in [1.165, 1.54) is 11.3 Å². The van der Waals surface area contributed by atoms with Crippen molar-refractivity contribution >= 4 is 61.5 Å². The number of benzene rings is 2. The summed E-state index contributed by atoms with van der Waals surface area (Å²) in [6.45, 7) is -0.420. The number of anilines is 1. The van der Waals surface area contributed by atoms with Crippen molar-refractivity contribution in [2.75, 3.05) is 11.9 Å². The van der Waals surface area contributed by atoms with Crippen LogP contribution in [0.2, 0.25) is 0 Å². The molecule has 2 heterocycles. The van der Waals surface area contributed by atoms with E-state index in [0.717, 1.165) is 25.9 Å². The SMILES string of the molecule is N#Cc1ccsc1NC(=O)COC(=O)c1ccc(CSc2nc3ccccc3s2)cc1. The number of amides is 1. The Labute approximate surface area is 190 Å². The van der Waals surface area contributed by atoms with Crippen LogP contribution in [0.25, 0.3) is 10.2 Å². The van der Waals surface area contributed by atoms with E-state index in [9.17, 15) is 9.59 Å². The van der Waals surface area contributed by atoms with Crippen LogP contribution < -0.4 is 5.32 Å². The third-order valence-electron chi connectivity index (χ3n) is 4.20. The van der Waals surface area contributed by atoms with E-state index in [1.54, 1.807) is 46.7 Å². The number of para-hydroxylation sites is 1.